The van der Waals surface area contributed by atoms with E-state index in [0.29, 0.717) is 11.8 Å². The van der Waals surface area contributed by atoms with Gasteiger partial charge in [-0.05, 0) is 42.6 Å². The average molecular weight is 361 g/mol. The molecule has 3 aromatic rings. The Kier molecular flexibility index (Phi) is 5.10. The highest BCUT2D eigenvalue weighted by molar-refractivity contribution is 5.64. The predicted molar refractivity (Wildman–Crippen MR) is 110 cm³/mol. The van der Waals surface area contributed by atoms with Gasteiger partial charge in [-0.3, -0.25) is 9.58 Å². The van der Waals surface area contributed by atoms with Crippen LogP contribution in [0, 0.1) is 12.8 Å². The van der Waals surface area contributed by atoms with E-state index in [2.05, 4.69) is 71.5 Å². The molecule has 4 rings (SSSR count). The third-order valence-electron chi connectivity index (χ3n) is 5.80. The van der Waals surface area contributed by atoms with Crippen molar-refractivity contribution in [2.45, 2.75) is 19.4 Å². The van der Waals surface area contributed by atoms with Gasteiger partial charge in [0.25, 0.3) is 0 Å². The molecule has 1 aliphatic rings. The predicted octanol–water partition coefficient (Wildman–Crippen LogP) is 3.57. The lowest BCUT2D eigenvalue weighted by Gasteiger charge is -2.19. The molecule has 2 aromatic carbocycles. The zero-order valence-electron chi connectivity index (χ0n) is 16.2. The van der Waals surface area contributed by atoms with E-state index < -0.39 is 0 Å². The monoisotopic (exact) mass is 360 g/mol. The molecule has 0 amide bonds. The molecule has 0 radical (unpaired) electrons. The second kappa shape index (κ2) is 7.67. The van der Waals surface area contributed by atoms with Crippen LogP contribution < -0.4 is 5.73 Å². The lowest BCUT2D eigenvalue weighted by atomic mass is 9.89. The number of hydrogen-bond donors (Lipinski definition) is 1. The van der Waals surface area contributed by atoms with Gasteiger partial charge in [-0.25, -0.2) is 0 Å². The van der Waals surface area contributed by atoms with Crippen molar-refractivity contribution in [3.8, 4) is 11.3 Å². The van der Waals surface area contributed by atoms with E-state index in [4.69, 9.17) is 5.73 Å². The van der Waals surface area contributed by atoms with Crippen molar-refractivity contribution in [3.05, 3.63) is 77.5 Å². The third kappa shape index (κ3) is 3.68. The number of nitrogens with zero attached hydrogens (tertiary/aromatic N) is 3. The number of aromatic nitrogens is 2. The van der Waals surface area contributed by atoms with Crippen molar-refractivity contribution >= 4 is 0 Å². The van der Waals surface area contributed by atoms with Crippen LogP contribution in [0.3, 0.4) is 0 Å². The van der Waals surface area contributed by atoms with Crippen molar-refractivity contribution in [2.24, 2.45) is 18.7 Å². The molecule has 0 spiro atoms. The van der Waals surface area contributed by atoms with Gasteiger partial charge in [0, 0.05) is 44.4 Å². The van der Waals surface area contributed by atoms with Gasteiger partial charge < -0.3 is 5.73 Å². The Morgan fingerprint density at radius 2 is 1.89 bits per heavy atom. The summed E-state index contributed by atoms with van der Waals surface area (Å²) >= 11 is 0. The van der Waals surface area contributed by atoms with Gasteiger partial charge in [0.2, 0.25) is 0 Å². The van der Waals surface area contributed by atoms with Crippen molar-refractivity contribution in [2.75, 3.05) is 19.6 Å². The fourth-order valence-corrected chi connectivity index (χ4v) is 4.35. The molecule has 27 heavy (non-hydrogen) atoms. The van der Waals surface area contributed by atoms with Gasteiger partial charge in [0.05, 0.1) is 5.69 Å². The zero-order valence-corrected chi connectivity index (χ0v) is 16.2. The standard InChI is InChI=1S/C23H28N4/c1-17-8-9-19(21(12-17)23-10-11-25-26(23)2)14-27-15-20(13-24)22(16-27)18-6-4-3-5-7-18/h3-12,20,22H,13-16,24H2,1-2H3/t20-,22+/m1/s1. The molecule has 140 valence electrons. The van der Waals surface area contributed by atoms with Crippen LogP contribution in [0.15, 0.2) is 60.8 Å². The Morgan fingerprint density at radius 1 is 1.07 bits per heavy atom. The molecule has 1 fully saturated rings. The van der Waals surface area contributed by atoms with Crippen molar-refractivity contribution in [3.63, 3.8) is 0 Å². The van der Waals surface area contributed by atoms with Gasteiger partial charge in [0.15, 0.2) is 0 Å². The summed E-state index contributed by atoms with van der Waals surface area (Å²) in [5.74, 6) is 1.03. The van der Waals surface area contributed by atoms with E-state index in [0.717, 1.165) is 26.2 Å². The van der Waals surface area contributed by atoms with Crippen LogP contribution in [0.25, 0.3) is 11.3 Å². The minimum absolute atomic E-state index is 0.512. The molecule has 0 saturated carbocycles. The topological polar surface area (TPSA) is 47.1 Å². The first kappa shape index (κ1) is 18.0. The van der Waals surface area contributed by atoms with Crippen LogP contribution in [0.2, 0.25) is 0 Å². The average Bonchev–Trinajstić information content (AvgIpc) is 3.30. The van der Waals surface area contributed by atoms with Gasteiger partial charge in [-0.2, -0.15) is 5.10 Å². The molecule has 0 bridgehead atoms. The highest BCUT2D eigenvalue weighted by Crippen LogP contribution is 2.34. The summed E-state index contributed by atoms with van der Waals surface area (Å²) in [6, 6.07) is 19.7. The SMILES string of the molecule is Cc1ccc(CN2C[C@@H](CN)[C@H](c3ccccc3)C2)c(-c2ccnn2C)c1. The van der Waals surface area contributed by atoms with E-state index in [1.807, 2.05) is 17.9 Å². The first-order chi connectivity index (χ1) is 13.2. The highest BCUT2D eigenvalue weighted by Gasteiger charge is 2.33. The Morgan fingerprint density at radius 3 is 2.59 bits per heavy atom. The van der Waals surface area contributed by atoms with E-state index >= 15 is 0 Å². The second-order valence-electron chi connectivity index (χ2n) is 7.71. The molecule has 1 saturated heterocycles. The minimum Gasteiger partial charge on any atom is -0.330 e. The summed E-state index contributed by atoms with van der Waals surface area (Å²) in [4.78, 5) is 2.56. The van der Waals surface area contributed by atoms with E-state index in [1.54, 1.807) is 0 Å². The normalized spacial score (nSPS) is 20.3. The van der Waals surface area contributed by atoms with Crippen LogP contribution in [0.1, 0.15) is 22.6 Å². The number of nitrogens with two attached hydrogens (primary N) is 1. The van der Waals surface area contributed by atoms with Gasteiger partial charge in [-0.1, -0.05) is 48.0 Å². The summed E-state index contributed by atoms with van der Waals surface area (Å²) in [5.41, 5.74) is 12.6. The van der Waals surface area contributed by atoms with Crippen LogP contribution >= 0.6 is 0 Å². The smallest absolute Gasteiger partial charge is 0.0682 e. The molecular formula is C23H28N4. The fraction of sp³-hybridized carbons (Fsp3) is 0.348. The first-order valence-corrected chi connectivity index (χ1v) is 9.71. The molecule has 0 aliphatic carbocycles. The largest absolute Gasteiger partial charge is 0.330 e. The summed E-state index contributed by atoms with van der Waals surface area (Å²) in [6.45, 7) is 5.94. The summed E-state index contributed by atoms with van der Waals surface area (Å²) < 4.78 is 1.96. The quantitative estimate of drug-likeness (QED) is 0.757. The van der Waals surface area contributed by atoms with Gasteiger partial charge >= 0.3 is 0 Å². The van der Waals surface area contributed by atoms with Crippen molar-refractivity contribution in [1.82, 2.24) is 14.7 Å². The number of likely N-dealkylation sites (tertiary alicyclic amines) is 1. The van der Waals surface area contributed by atoms with Crippen LogP contribution in [-0.4, -0.2) is 34.3 Å². The molecule has 4 nitrogen and oxygen atoms in total. The summed E-state index contributed by atoms with van der Waals surface area (Å²) in [5, 5.41) is 4.36. The second-order valence-corrected chi connectivity index (χ2v) is 7.71. The van der Waals surface area contributed by atoms with E-state index in [-0.39, 0.29) is 0 Å². The first-order valence-electron chi connectivity index (χ1n) is 9.71. The molecule has 1 aromatic heterocycles. The molecule has 4 heteroatoms. The molecule has 0 unspecified atom stereocenters. The Bertz CT molecular complexity index is 900. The van der Waals surface area contributed by atoms with Crippen molar-refractivity contribution in [1.29, 1.82) is 0 Å². The minimum atomic E-state index is 0.512. The zero-order chi connectivity index (χ0) is 18.8. The van der Waals surface area contributed by atoms with Gasteiger partial charge in [-0.15, -0.1) is 0 Å². The Hall–Kier alpha value is -2.43. The van der Waals surface area contributed by atoms with Crippen LogP contribution in [0.5, 0.6) is 0 Å². The molecular weight excluding hydrogens is 332 g/mol. The van der Waals surface area contributed by atoms with Crippen molar-refractivity contribution < 1.29 is 0 Å². The summed E-state index contributed by atoms with van der Waals surface area (Å²) in [6.07, 6.45) is 1.87. The number of rotatable bonds is 5. The van der Waals surface area contributed by atoms with E-state index in [9.17, 15) is 0 Å². The number of hydrogen-bond acceptors (Lipinski definition) is 3. The third-order valence-corrected chi connectivity index (χ3v) is 5.80. The van der Waals surface area contributed by atoms with Crippen LogP contribution in [0.4, 0.5) is 0 Å². The lowest BCUT2D eigenvalue weighted by molar-refractivity contribution is 0.317. The van der Waals surface area contributed by atoms with E-state index in [1.165, 1.54) is 27.9 Å². The Balaban J connectivity index is 1.59. The molecule has 2 N–H and O–H groups in total. The number of benzene rings is 2. The van der Waals surface area contributed by atoms with Gasteiger partial charge in [0.1, 0.15) is 0 Å². The maximum Gasteiger partial charge on any atom is 0.0682 e. The Labute approximate surface area is 161 Å². The maximum absolute atomic E-state index is 6.13. The molecule has 1 aliphatic heterocycles. The van der Waals surface area contributed by atoms with Crippen LogP contribution in [-0.2, 0) is 13.6 Å². The lowest BCUT2D eigenvalue weighted by Crippen LogP contribution is -2.23. The molecule has 2 heterocycles. The molecule has 2 atom stereocenters. The maximum atomic E-state index is 6.13. The fourth-order valence-electron chi connectivity index (χ4n) is 4.35. The highest BCUT2D eigenvalue weighted by atomic mass is 15.3. The summed E-state index contributed by atoms with van der Waals surface area (Å²) in [7, 11) is 2.01. The number of aryl methyl sites for hydroxylation is 2.